The maximum Gasteiger partial charge on any atom is 0.153 e. The van der Waals surface area contributed by atoms with Gasteiger partial charge in [-0.25, -0.2) is 0 Å². The molecule has 2 aliphatic carbocycles. The second kappa shape index (κ2) is 4.35. The van der Waals surface area contributed by atoms with E-state index < -0.39 is 6.29 Å². The molecule has 1 atom stereocenters. The minimum absolute atomic E-state index is 0.0324. The first-order valence-corrected chi connectivity index (χ1v) is 6.20. The molecular formula is C12H22N2O2. The van der Waals surface area contributed by atoms with Crippen molar-refractivity contribution in [2.24, 2.45) is 11.7 Å². The molecule has 5 N–H and O–H groups in total. The van der Waals surface area contributed by atoms with Gasteiger partial charge in [-0.15, -0.1) is 0 Å². The molecular weight excluding hydrogens is 204 g/mol. The third kappa shape index (κ3) is 2.39. The lowest BCUT2D eigenvalue weighted by Gasteiger charge is -2.10. The lowest BCUT2D eigenvalue weighted by atomic mass is 10.1. The molecule has 0 aliphatic heterocycles. The zero-order valence-electron chi connectivity index (χ0n) is 9.87. The smallest absolute Gasteiger partial charge is 0.153 e. The number of aliphatic hydroxyl groups excluding tert-OH is 1. The zero-order valence-corrected chi connectivity index (χ0v) is 9.87. The van der Waals surface area contributed by atoms with Crippen LogP contribution in [0.3, 0.4) is 0 Å². The van der Waals surface area contributed by atoms with Gasteiger partial charge < -0.3 is 21.3 Å². The molecule has 0 spiro atoms. The fourth-order valence-corrected chi connectivity index (χ4v) is 2.43. The summed E-state index contributed by atoms with van der Waals surface area (Å²) in [5, 5.41) is 20.8. The van der Waals surface area contributed by atoms with Crippen LogP contribution in [0.15, 0.2) is 11.3 Å². The van der Waals surface area contributed by atoms with Crippen LogP contribution in [0.4, 0.5) is 0 Å². The maximum atomic E-state index is 8.77. The highest BCUT2D eigenvalue weighted by atomic mass is 16.5. The average Bonchev–Trinajstić information content (AvgIpc) is 3.07. The molecule has 16 heavy (non-hydrogen) atoms. The van der Waals surface area contributed by atoms with Crippen LogP contribution in [0.5, 0.6) is 0 Å². The van der Waals surface area contributed by atoms with E-state index in [0.717, 1.165) is 25.7 Å². The molecule has 1 unspecified atom stereocenters. The van der Waals surface area contributed by atoms with Crippen LogP contribution >= 0.6 is 0 Å². The van der Waals surface area contributed by atoms with Gasteiger partial charge in [0.15, 0.2) is 6.29 Å². The van der Waals surface area contributed by atoms with Crippen molar-refractivity contribution in [3.05, 3.63) is 11.3 Å². The highest BCUT2D eigenvalue weighted by Gasteiger charge is 2.56. The van der Waals surface area contributed by atoms with E-state index >= 15 is 0 Å². The molecule has 2 rings (SSSR count). The number of nitrogens with one attached hydrogen (secondary N) is 1. The summed E-state index contributed by atoms with van der Waals surface area (Å²) in [4.78, 5) is 0. The third-order valence-electron chi connectivity index (χ3n) is 3.54. The van der Waals surface area contributed by atoms with Gasteiger partial charge in [-0.05, 0) is 24.8 Å². The van der Waals surface area contributed by atoms with Gasteiger partial charge in [-0.1, -0.05) is 13.3 Å². The van der Waals surface area contributed by atoms with E-state index in [4.69, 9.17) is 15.9 Å². The lowest BCUT2D eigenvalue weighted by Crippen LogP contribution is -2.29. The predicted molar refractivity (Wildman–Crippen MR) is 62.4 cm³/mol. The predicted octanol–water partition coefficient (Wildman–Crippen LogP) is 0.452. The van der Waals surface area contributed by atoms with Gasteiger partial charge >= 0.3 is 0 Å². The molecule has 0 saturated heterocycles. The Bertz CT molecular complexity index is 295. The molecule has 0 aromatic carbocycles. The van der Waals surface area contributed by atoms with Crippen LogP contribution in [0.25, 0.3) is 0 Å². The standard InChI is InChI=1S/C12H22N2O2/c1-2-3-8-10(12(13)5-6-12)11(8)14-7-4-9(15)16/h9-10,14-16H,2-7,13H2,1H3. The van der Waals surface area contributed by atoms with Crippen molar-refractivity contribution in [3.63, 3.8) is 0 Å². The van der Waals surface area contributed by atoms with Gasteiger partial charge in [0.05, 0.1) is 0 Å². The minimum Gasteiger partial charge on any atom is -0.388 e. The monoisotopic (exact) mass is 226 g/mol. The first-order valence-electron chi connectivity index (χ1n) is 6.20. The van der Waals surface area contributed by atoms with Crippen molar-refractivity contribution in [3.8, 4) is 0 Å². The normalized spacial score (nSPS) is 26.2. The van der Waals surface area contributed by atoms with E-state index in [2.05, 4.69) is 12.2 Å². The first kappa shape index (κ1) is 11.9. The Labute approximate surface area is 96.5 Å². The van der Waals surface area contributed by atoms with Gasteiger partial charge in [0, 0.05) is 30.1 Å². The van der Waals surface area contributed by atoms with Crippen molar-refractivity contribution >= 4 is 0 Å². The summed E-state index contributed by atoms with van der Waals surface area (Å²) < 4.78 is 0. The topological polar surface area (TPSA) is 78.5 Å². The number of aliphatic hydroxyl groups is 2. The molecule has 0 aromatic rings. The Hall–Kier alpha value is -0.580. The SMILES string of the molecule is CCCC1=C(NCCC(O)O)C1C1(N)CC1. The summed E-state index contributed by atoms with van der Waals surface area (Å²) in [6, 6.07) is 0. The zero-order chi connectivity index (χ0) is 11.8. The number of hydrogen-bond acceptors (Lipinski definition) is 4. The molecule has 1 saturated carbocycles. The molecule has 1 fully saturated rings. The minimum atomic E-state index is -1.22. The molecule has 0 bridgehead atoms. The Kier molecular flexibility index (Phi) is 3.24. The average molecular weight is 226 g/mol. The van der Waals surface area contributed by atoms with Crippen molar-refractivity contribution in [1.29, 1.82) is 0 Å². The van der Waals surface area contributed by atoms with Gasteiger partial charge in [0.25, 0.3) is 0 Å². The van der Waals surface area contributed by atoms with Gasteiger partial charge in [0.1, 0.15) is 0 Å². The third-order valence-corrected chi connectivity index (χ3v) is 3.54. The summed E-state index contributed by atoms with van der Waals surface area (Å²) in [6.45, 7) is 2.79. The van der Waals surface area contributed by atoms with Crippen LogP contribution in [-0.2, 0) is 0 Å². The van der Waals surface area contributed by atoms with Crippen molar-refractivity contribution in [2.45, 2.75) is 50.9 Å². The first-order chi connectivity index (χ1) is 7.58. The Balaban J connectivity index is 1.81. The quantitative estimate of drug-likeness (QED) is 0.475. The van der Waals surface area contributed by atoms with E-state index in [-0.39, 0.29) is 5.54 Å². The highest BCUT2D eigenvalue weighted by Crippen LogP contribution is 2.56. The van der Waals surface area contributed by atoms with Gasteiger partial charge in [0.2, 0.25) is 0 Å². The molecule has 2 aliphatic rings. The highest BCUT2D eigenvalue weighted by molar-refractivity contribution is 5.46. The molecule has 0 amide bonds. The fraction of sp³-hybridized carbons (Fsp3) is 0.833. The Morgan fingerprint density at radius 1 is 1.50 bits per heavy atom. The van der Waals surface area contributed by atoms with E-state index in [1.54, 1.807) is 0 Å². The summed E-state index contributed by atoms with van der Waals surface area (Å²) >= 11 is 0. The molecule has 0 heterocycles. The Morgan fingerprint density at radius 2 is 2.19 bits per heavy atom. The largest absolute Gasteiger partial charge is 0.388 e. The number of rotatable bonds is 7. The summed E-state index contributed by atoms with van der Waals surface area (Å²) in [5.41, 5.74) is 8.99. The second-order valence-electron chi connectivity index (χ2n) is 5.05. The molecule has 4 heteroatoms. The van der Waals surface area contributed by atoms with Crippen LogP contribution in [0, 0.1) is 5.92 Å². The molecule has 92 valence electrons. The van der Waals surface area contributed by atoms with Crippen LogP contribution in [-0.4, -0.2) is 28.6 Å². The van der Waals surface area contributed by atoms with Crippen molar-refractivity contribution < 1.29 is 10.2 Å². The Morgan fingerprint density at radius 3 is 2.69 bits per heavy atom. The van der Waals surface area contributed by atoms with E-state index in [1.165, 1.54) is 11.3 Å². The fourth-order valence-electron chi connectivity index (χ4n) is 2.43. The van der Waals surface area contributed by atoms with E-state index in [1.807, 2.05) is 0 Å². The van der Waals surface area contributed by atoms with Gasteiger partial charge in [-0.3, -0.25) is 0 Å². The molecule has 0 aromatic heterocycles. The van der Waals surface area contributed by atoms with Crippen LogP contribution in [0.1, 0.15) is 39.0 Å². The second-order valence-corrected chi connectivity index (χ2v) is 5.05. The molecule has 0 radical (unpaired) electrons. The van der Waals surface area contributed by atoms with Crippen LogP contribution < -0.4 is 11.1 Å². The van der Waals surface area contributed by atoms with E-state index in [9.17, 15) is 0 Å². The number of hydrogen-bond donors (Lipinski definition) is 4. The van der Waals surface area contributed by atoms with Crippen molar-refractivity contribution in [2.75, 3.05) is 6.54 Å². The van der Waals surface area contributed by atoms with Gasteiger partial charge in [-0.2, -0.15) is 0 Å². The maximum absolute atomic E-state index is 8.77. The van der Waals surface area contributed by atoms with Crippen LogP contribution in [0.2, 0.25) is 0 Å². The van der Waals surface area contributed by atoms with Crippen molar-refractivity contribution in [1.82, 2.24) is 5.32 Å². The lowest BCUT2D eigenvalue weighted by molar-refractivity contribution is -0.0440. The summed E-state index contributed by atoms with van der Waals surface area (Å²) in [6.07, 6.45) is 3.67. The number of nitrogens with two attached hydrogens (primary N) is 1. The summed E-state index contributed by atoms with van der Waals surface area (Å²) in [5.74, 6) is 0.461. The summed E-state index contributed by atoms with van der Waals surface area (Å²) in [7, 11) is 0. The van der Waals surface area contributed by atoms with E-state index in [0.29, 0.717) is 18.9 Å². The molecule has 4 nitrogen and oxygen atoms in total.